The lowest BCUT2D eigenvalue weighted by atomic mass is 9.67. The minimum absolute atomic E-state index is 0.00490. The van der Waals surface area contributed by atoms with Crippen LogP contribution < -0.4 is 4.74 Å². The Morgan fingerprint density at radius 3 is 2.73 bits per heavy atom. The van der Waals surface area contributed by atoms with Crippen LogP contribution in [0.15, 0.2) is 17.7 Å². The van der Waals surface area contributed by atoms with E-state index in [4.69, 9.17) is 4.74 Å². The quantitative estimate of drug-likeness (QED) is 0.544. The van der Waals surface area contributed by atoms with Crippen LogP contribution in [0.1, 0.15) is 87.2 Å². The topological polar surface area (TPSA) is 66.8 Å². The summed E-state index contributed by atoms with van der Waals surface area (Å²) < 4.78 is 6.30. The van der Waals surface area contributed by atoms with E-state index in [0.717, 1.165) is 32.1 Å². The molecule has 0 fully saturated rings. The lowest BCUT2D eigenvalue weighted by molar-refractivity contribution is 0.0106. The number of carbonyl (C=O) groups is 1. The standard InChI is InChI=1S/C22H30O4/c1-5-6-7-8-14-12-17-19(20(23)18(14)21(24)25)15-11-13(2)9-10-16(15)22(3,4)26-17/h11-12,15-16,23H,5-10H2,1-4H3,(H,24,25)/t15?,16-/m1/s1. The molecule has 4 nitrogen and oxygen atoms in total. The molecule has 1 aliphatic heterocycles. The van der Waals surface area contributed by atoms with Crippen molar-refractivity contribution in [3.63, 3.8) is 0 Å². The Morgan fingerprint density at radius 1 is 1.35 bits per heavy atom. The Labute approximate surface area is 155 Å². The molecule has 3 rings (SSSR count). The molecule has 1 aromatic rings. The van der Waals surface area contributed by atoms with Crippen LogP contribution in [0.4, 0.5) is 0 Å². The van der Waals surface area contributed by atoms with Crippen LogP contribution in [0, 0.1) is 5.92 Å². The summed E-state index contributed by atoms with van der Waals surface area (Å²) in [6, 6.07) is 1.86. The molecule has 4 heteroatoms. The number of aromatic carboxylic acids is 1. The number of benzene rings is 1. The van der Waals surface area contributed by atoms with Crippen molar-refractivity contribution in [1.29, 1.82) is 0 Å². The number of carboxylic acids is 1. The number of carboxylic acid groups (broad SMARTS) is 1. The van der Waals surface area contributed by atoms with Crippen molar-refractivity contribution in [3.05, 3.63) is 34.4 Å². The van der Waals surface area contributed by atoms with Gasteiger partial charge in [-0.15, -0.1) is 0 Å². The Hall–Kier alpha value is -1.97. The summed E-state index contributed by atoms with van der Waals surface area (Å²) in [5, 5.41) is 20.7. The number of unbranched alkanes of at least 4 members (excludes halogenated alkanes) is 2. The van der Waals surface area contributed by atoms with Crippen molar-refractivity contribution in [1.82, 2.24) is 0 Å². The van der Waals surface area contributed by atoms with Gasteiger partial charge in [-0.2, -0.15) is 0 Å². The molecule has 1 aromatic carbocycles. The third-order valence-corrected chi connectivity index (χ3v) is 5.99. The third-order valence-electron chi connectivity index (χ3n) is 5.99. The van der Waals surface area contributed by atoms with Gasteiger partial charge in [0, 0.05) is 17.4 Å². The van der Waals surface area contributed by atoms with Crippen molar-refractivity contribution >= 4 is 5.97 Å². The number of rotatable bonds is 5. The van der Waals surface area contributed by atoms with Gasteiger partial charge < -0.3 is 14.9 Å². The zero-order chi connectivity index (χ0) is 19.1. The van der Waals surface area contributed by atoms with Gasteiger partial charge in [-0.1, -0.05) is 31.4 Å². The van der Waals surface area contributed by atoms with Crippen LogP contribution in [0.2, 0.25) is 0 Å². The summed E-state index contributed by atoms with van der Waals surface area (Å²) in [6.45, 7) is 8.42. The van der Waals surface area contributed by atoms with E-state index in [1.165, 1.54) is 5.57 Å². The number of allylic oxidation sites excluding steroid dienone is 2. The molecule has 1 unspecified atom stereocenters. The summed E-state index contributed by atoms with van der Waals surface area (Å²) in [5.74, 6) is -0.272. The highest BCUT2D eigenvalue weighted by atomic mass is 16.5. The second-order valence-electron chi connectivity index (χ2n) is 8.32. The zero-order valence-corrected chi connectivity index (χ0v) is 16.3. The maximum atomic E-state index is 11.9. The van der Waals surface area contributed by atoms with Gasteiger partial charge in [0.1, 0.15) is 22.7 Å². The predicted molar refractivity (Wildman–Crippen MR) is 102 cm³/mol. The number of ether oxygens (including phenoxy) is 1. The van der Waals surface area contributed by atoms with Gasteiger partial charge >= 0.3 is 5.97 Å². The molecular formula is C22H30O4. The fourth-order valence-electron chi connectivity index (χ4n) is 4.61. The van der Waals surface area contributed by atoms with E-state index in [2.05, 4.69) is 33.8 Å². The minimum Gasteiger partial charge on any atom is -0.507 e. The largest absolute Gasteiger partial charge is 0.507 e. The molecular weight excluding hydrogens is 328 g/mol. The van der Waals surface area contributed by atoms with Crippen molar-refractivity contribution in [3.8, 4) is 11.5 Å². The minimum atomic E-state index is -1.06. The van der Waals surface area contributed by atoms with Crippen molar-refractivity contribution in [2.75, 3.05) is 0 Å². The molecule has 1 heterocycles. The number of phenols is 1. The number of fused-ring (bicyclic) bond motifs is 3. The monoisotopic (exact) mass is 358 g/mol. The molecule has 0 amide bonds. The van der Waals surface area contributed by atoms with E-state index in [1.54, 1.807) is 0 Å². The van der Waals surface area contributed by atoms with Gasteiger partial charge in [-0.05, 0) is 58.1 Å². The highest BCUT2D eigenvalue weighted by Crippen LogP contribution is 2.54. The predicted octanol–water partition coefficient (Wildman–Crippen LogP) is 5.43. The van der Waals surface area contributed by atoms with Crippen molar-refractivity contribution in [2.45, 2.75) is 77.7 Å². The van der Waals surface area contributed by atoms with Crippen LogP contribution in [-0.4, -0.2) is 21.8 Å². The number of aryl methyl sites for hydroxylation is 1. The zero-order valence-electron chi connectivity index (χ0n) is 16.3. The molecule has 142 valence electrons. The first-order valence-electron chi connectivity index (χ1n) is 9.74. The van der Waals surface area contributed by atoms with Crippen LogP contribution in [0.3, 0.4) is 0 Å². The van der Waals surface area contributed by atoms with Gasteiger partial charge in [0.05, 0.1) is 0 Å². The molecule has 0 aromatic heterocycles. The van der Waals surface area contributed by atoms with Gasteiger partial charge in [0.2, 0.25) is 0 Å². The average molecular weight is 358 g/mol. The second kappa shape index (κ2) is 6.98. The van der Waals surface area contributed by atoms with Gasteiger partial charge in [-0.3, -0.25) is 0 Å². The lowest BCUT2D eigenvalue weighted by Crippen LogP contribution is -2.45. The molecule has 1 aliphatic carbocycles. The van der Waals surface area contributed by atoms with Crippen LogP contribution in [0.25, 0.3) is 0 Å². The fourth-order valence-corrected chi connectivity index (χ4v) is 4.61. The smallest absolute Gasteiger partial charge is 0.339 e. The first kappa shape index (κ1) is 18.8. The van der Waals surface area contributed by atoms with E-state index < -0.39 is 5.97 Å². The Balaban J connectivity index is 2.15. The second-order valence-corrected chi connectivity index (χ2v) is 8.32. The van der Waals surface area contributed by atoms with Crippen molar-refractivity contribution in [2.24, 2.45) is 5.92 Å². The van der Waals surface area contributed by atoms with Crippen LogP contribution in [0.5, 0.6) is 11.5 Å². The van der Waals surface area contributed by atoms with E-state index in [9.17, 15) is 15.0 Å². The molecule has 2 aliphatic rings. The molecule has 0 spiro atoms. The maximum absolute atomic E-state index is 11.9. The molecule has 0 bridgehead atoms. The van der Waals surface area contributed by atoms with E-state index in [-0.39, 0.29) is 28.7 Å². The Morgan fingerprint density at radius 2 is 2.08 bits per heavy atom. The van der Waals surface area contributed by atoms with Gasteiger partial charge in [0.15, 0.2) is 0 Å². The molecule has 0 radical (unpaired) electrons. The highest BCUT2D eigenvalue weighted by Gasteiger charge is 2.46. The third kappa shape index (κ3) is 3.22. The van der Waals surface area contributed by atoms with Gasteiger partial charge in [0.25, 0.3) is 0 Å². The van der Waals surface area contributed by atoms with Crippen molar-refractivity contribution < 1.29 is 19.7 Å². The van der Waals surface area contributed by atoms with E-state index in [0.29, 0.717) is 23.3 Å². The number of hydrogen-bond acceptors (Lipinski definition) is 3. The summed E-state index contributed by atoms with van der Waals surface area (Å²) in [4.78, 5) is 11.9. The maximum Gasteiger partial charge on any atom is 0.339 e. The van der Waals surface area contributed by atoms with Gasteiger partial charge in [-0.25, -0.2) is 4.79 Å². The Kier molecular flexibility index (Phi) is 5.05. The molecule has 2 N–H and O–H groups in total. The number of hydrogen-bond donors (Lipinski definition) is 2. The molecule has 0 saturated heterocycles. The van der Waals surface area contributed by atoms with Crippen LogP contribution >= 0.6 is 0 Å². The fraction of sp³-hybridized carbons (Fsp3) is 0.591. The summed E-state index contributed by atoms with van der Waals surface area (Å²) in [5.41, 5.74) is 2.34. The summed E-state index contributed by atoms with van der Waals surface area (Å²) in [6.07, 6.45) is 7.85. The first-order valence-corrected chi connectivity index (χ1v) is 9.74. The normalized spacial score (nSPS) is 23.5. The van der Waals surface area contributed by atoms with E-state index >= 15 is 0 Å². The van der Waals surface area contributed by atoms with Crippen LogP contribution in [-0.2, 0) is 6.42 Å². The Bertz CT molecular complexity index is 745. The molecule has 26 heavy (non-hydrogen) atoms. The summed E-state index contributed by atoms with van der Waals surface area (Å²) >= 11 is 0. The molecule has 2 atom stereocenters. The average Bonchev–Trinajstić information content (AvgIpc) is 2.53. The number of aromatic hydroxyl groups is 1. The SMILES string of the molecule is CCCCCc1cc2c(c(O)c1C(=O)O)C1C=C(C)CC[C@H]1C(C)(C)O2. The highest BCUT2D eigenvalue weighted by molar-refractivity contribution is 5.94. The van der Waals surface area contributed by atoms with E-state index in [1.807, 2.05) is 6.07 Å². The molecule has 0 saturated carbocycles. The first-order chi connectivity index (χ1) is 12.3. The lowest BCUT2D eigenvalue weighted by Gasteiger charge is -2.46. The summed E-state index contributed by atoms with van der Waals surface area (Å²) in [7, 11) is 0.